The number of aliphatic carboxylic acids is 1. The van der Waals surface area contributed by atoms with Crippen LogP contribution in [0.3, 0.4) is 0 Å². The summed E-state index contributed by atoms with van der Waals surface area (Å²) in [5.74, 6) is -2.28. The van der Waals surface area contributed by atoms with Crippen molar-refractivity contribution in [2.75, 3.05) is 13.1 Å². The van der Waals surface area contributed by atoms with Crippen molar-refractivity contribution in [2.45, 2.75) is 17.5 Å². The van der Waals surface area contributed by atoms with E-state index in [1.165, 1.54) is 6.07 Å². The van der Waals surface area contributed by atoms with Gasteiger partial charge >= 0.3 is 12.1 Å². The monoisotopic (exact) mass is 354 g/mol. The van der Waals surface area contributed by atoms with Crippen molar-refractivity contribution in [1.29, 1.82) is 0 Å². The van der Waals surface area contributed by atoms with Gasteiger partial charge in [-0.2, -0.15) is 13.2 Å². The molecule has 23 heavy (non-hydrogen) atoms. The number of hydrogen-bond donors (Lipinski definition) is 3. The van der Waals surface area contributed by atoms with Gasteiger partial charge in [-0.3, -0.25) is 9.59 Å². The van der Waals surface area contributed by atoms with Crippen molar-refractivity contribution in [2.24, 2.45) is 0 Å². The quantitative estimate of drug-likeness (QED) is 0.668. The van der Waals surface area contributed by atoms with Gasteiger partial charge in [0.25, 0.3) is 5.91 Å². The number of carbonyl (C=O) groups is 2. The normalized spacial score (nSPS) is 12.0. The van der Waals surface area contributed by atoms with E-state index >= 15 is 0 Å². The summed E-state index contributed by atoms with van der Waals surface area (Å²) in [5.41, 5.74) is -0.268. The maximum Gasteiger partial charge on any atom is 0.405 e. The van der Waals surface area contributed by atoms with Crippen molar-refractivity contribution >= 4 is 21.9 Å². The molecule has 0 saturated heterocycles. The highest BCUT2D eigenvalue weighted by Gasteiger charge is 2.28. The zero-order valence-electron chi connectivity index (χ0n) is 11.6. The number of carboxylic acid groups (broad SMARTS) is 1. The molecule has 0 aliphatic heterocycles. The number of nitrogens with one attached hydrogen (secondary N) is 2. The molecule has 0 aliphatic rings. The lowest BCUT2D eigenvalue weighted by Gasteiger charge is -2.10. The Labute approximate surface area is 129 Å². The van der Waals surface area contributed by atoms with Gasteiger partial charge in [0.15, 0.2) is 0 Å². The van der Waals surface area contributed by atoms with Crippen molar-refractivity contribution in [3.63, 3.8) is 0 Å². The Morgan fingerprint density at radius 1 is 1.22 bits per heavy atom. The first-order chi connectivity index (χ1) is 10.5. The van der Waals surface area contributed by atoms with E-state index in [2.05, 4.69) is 0 Å². The van der Waals surface area contributed by atoms with Crippen LogP contribution in [0.1, 0.15) is 16.8 Å². The van der Waals surface area contributed by atoms with Gasteiger partial charge in [-0.05, 0) is 18.2 Å². The van der Waals surface area contributed by atoms with E-state index < -0.39 is 41.0 Å². The van der Waals surface area contributed by atoms with Gasteiger partial charge in [-0.25, -0.2) is 13.1 Å². The Hall–Kier alpha value is -2.14. The molecule has 1 aromatic carbocycles. The first-order valence-electron chi connectivity index (χ1n) is 6.18. The van der Waals surface area contributed by atoms with Crippen LogP contribution >= 0.6 is 0 Å². The zero-order valence-corrected chi connectivity index (χ0v) is 12.4. The number of sulfonamides is 1. The Kier molecular flexibility index (Phi) is 6.10. The summed E-state index contributed by atoms with van der Waals surface area (Å²) in [7, 11) is -4.07. The standard InChI is InChI=1S/C12H13F3N2O5S/c13-12(14,15)7-16-11(20)8-2-1-3-9(6-8)23(21,22)17-5-4-10(18)19/h1-3,6,17H,4-5,7H2,(H,16,20)(H,18,19). The van der Waals surface area contributed by atoms with Crippen molar-refractivity contribution in [3.8, 4) is 0 Å². The van der Waals surface area contributed by atoms with Gasteiger partial charge in [0, 0.05) is 12.1 Å². The lowest BCUT2D eigenvalue weighted by molar-refractivity contribution is -0.136. The minimum Gasteiger partial charge on any atom is -0.481 e. The summed E-state index contributed by atoms with van der Waals surface area (Å²) in [6, 6.07) is 4.37. The SMILES string of the molecule is O=C(O)CCNS(=O)(=O)c1cccc(C(=O)NCC(F)(F)F)c1. The maximum absolute atomic E-state index is 12.0. The molecule has 0 unspecified atom stereocenters. The molecular weight excluding hydrogens is 341 g/mol. The number of carbonyl (C=O) groups excluding carboxylic acids is 1. The topological polar surface area (TPSA) is 113 Å². The zero-order chi connectivity index (χ0) is 17.7. The van der Waals surface area contributed by atoms with Crippen LogP contribution in [-0.4, -0.2) is 44.7 Å². The fraction of sp³-hybridized carbons (Fsp3) is 0.333. The van der Waals surface area contributed by atoms with E-state index in [0.29, 0.717) is 0 Å². The molecule has 0 bridgehead atoms. The smallest absolute Gasteiger partial charge is 0.405 e. The molecule has 1 aromatic rings. The number of hydrogen-bond acceptors (Lipinski definition) is 4. The van der Waals surface area contributed by atoms with Crippen LogP contribution in [0.5, 0.6) is 0 Å². The summed E-state index contributed by atoms with van der Waals surface area (Å²) in [6.07, 6.45) is -5.03. The second-order valence-electron chi connectivity index (χ2n) is 4.37. The summed E-state index contributed by atoms with van der Waals surface area (Å²) >= 11 is 0. The molecule has 7 nitrogen and oxygen atoms in total. The number of benzene rings is 1. The number of amides is 1. The maximum atomic E-state index is 12.0. The number of halogens is 3. The highest BCUT2D eigenvalue weighted by Crippen LogP contribution is 2.14. The molecule has 0 spiro atoms. The van der Waals surface area contributed by atoms with Crippen LogP contribution in [0, 0.1) is 0 Å². The lowest BCUT2D eigenvalue weighted by atomic mass is 10.2. The van der Waals surface area contributed by atoms with E-state index in [1.807, 2.05) is 4.72 Å². The minimum atomic E-state index is -4.59. The molecule has 0 radical (unpaired) electrons. The Morgan fingerprint density at radius 3 is 2.43 bits per heavy atom. The lowest BCUT2D eigenvalue weighted by Crippen LogP contribution is -2.34. The minimum absolute atomic E-state index is 0.268. The summed E-state index contributed by atoms with van der Waals surface area (Å²) < 4.78 is 61.9. The highest BCUT2D eigenvalue weighted by atomic mass is 32.2. The van der Waals surface area contributed by atoms with Crippen LogP contribution in [0.15, 0.2) is 29.2 Å². The van der Waals surface area contributed by atoms with Crippen molar-refractivity contribution in [3.05, 3.63) is 29.8 Å². The van der Waals surface area contributed by atoms with E-state index in [9.17, 15) is 31.2 Å². The predicted octanol–water partition coefficient (Wildman–Crippen LogP) is 0.732. The van der Waals surface area contributed by atoms with Crippen molar-refractivity contribution < 1.29 is 36.3 Å². The Balaban J connectivity index is 2.83. The van der Waals surface area contributed by atoms with Gasteiger partial charge < -0.3 is 10.4 Å². The summed E-state index contributed by atoms with van der Waals surface area (Å²) in [4.78, 5) is 21.5. The van der Waals surface area contributed by atoms with E-state index in [0.717, 1.165) is 18.2 Å². The van der Waals surface area contributed by atoms with Gasteiger partial charge in [0.05, 0.1) is 11.3 Å². The third-order valence-electron chi connectivity index (χ3n) is 2.49. The molecule has 128 valence electrons. The molecule has 0 atom stereocenters. The summed E-state index contributed by atoms with van der Waals surface area (Å²) in [5, 5.41) is 10.1. The van der Waals surface area contributed by atoms with Crippen LogP contribution in [0.4, 0.5) is 13.2 Å². The van der Waals surface area contributed by atoms with Crippen LogP contribution < -0.4 is 10.0 Å². The average Bonchev–Trinajstić information content (AvgIpc) is 2.43. The van der Waals surface area contributed by atoms with Crippen LogP contribution in [0.2, 0.25) is 0 Å². The largest absolute Gasteiger partial charge is 0.481 e. The predicted molar refractivity (Wildman–Crippen MR) is 72.3 cm³/mol. The number of rotatable bonds is 7. The van der Waals surface area contributed by atoms with Gasteiger partial charge in [0.1, 0.15) is 6.54 Å². The van der Waals surface area contributed by atoms with Gasteiger partial charge in [-0.15, -0.1) is 0 Å². The van der Waals surface area contributed by atoms with E-state index in [1.54, 1.807) is 5.32 Å². The highest BCUT2D eigenvalue weighted by molar-refractivity contribution is 7.89. The van der Waals surface area contributed by atoms with Crippen molar-refractivity contribution in [1.82, 2.24) is 10.0 Å². The third-order valence-corrected chi connectivity index (χ3v) is 3.95. The second-order valence-corrected chi connectivity index (χ2v) is 6.13. The number of alkyl halides is 3. The molecule has 0 heterocycles. The van der Waals surface area contributed by atoms with Crippen LogP contribution in [0.25, 0.3) is 0 Å². The van der Waals surface area contributed by atoms with E-state index in [4.69, 9.17) is 5.11 Å². The van der Waals surface area contributed by atoms with Gasteiger partial charge in [-0.1, -0.05) is 6.07 Å². The molecule has 3 N–H and O–H groups in total. The summed E-state index contributed by atoms with van der Waals surface area (Å²) in [6.45, 7) is -1.90. The molecular formula is C12H13F3N2O5S. The molecule has 1 rings (SSSR count). The Bertz CT molecular complexity index is 688. The molecule has 0 aliphatic carbocycles. The third kappa shape index (κ3) is 6.65. The fourth-order valence-corrected chi connectivity index (χ4v) is 2.54. The molecule has 0 fully saturated rings. The van der Waals surface area contributed by atoms with Crippen LogP contribution in [-0.2, 0) is 14.8 Å². The molecule has 1 amide bonds. The molecule has 0 saturated carbocycles. The Morgan fingerprint density at radius 2 is 1.87 bits per heavy atom. The fourth-order valence-electron chi connectivity index (χ4n) is 1.46. The average molecular weight is 354 g/mol. The first-order valence-corrected chi connectivity index (χ1v) is 7.66. The molecule has 0 aromatic heterocycles. The van der Waals surface area contributed by atoms with Gasteiger partial charge in [0.2, 0.25) is 10.0 Å². The number of carboxylic acids is 1. The second kappa shape index (κ2) is 7.42. The molecule has 11 heteroatoms. The first kappa shape index (κ1) is 18.9. The van der Waals surface area contributed by atoms with E-state index in [-0.39, 0.29) is 17.0 Å².